The van der Waals surface area contributed by atoms with E-state index in [0.717, 1.165) is 0 Å². The molecule has 4 aromatic carbocycles. The number of ether oxygens (including phenoxy) is 1. The van der Waals surface area contributed by atoms with Gasteiger partial charge in [0.1, 0.15) is 22.1 Å². The van der Waals surface area contributed by atoms with Crippen molar-refractivity contribution in [1.29, 1.82) is 0 Å². The van der Waals surface area contributed by atoms with Crippen molar-refractivity contribution >= 4 is 67.1 Å². The molecule has 0 unspecified atom stereocenters. The van der Waals surface area contributed by atoms with Gasteiger partial charge in [0.25, 0.3) is 16.0 Å². The summed E-state index contributed by atoms with van der Waals surface area (Å²) < 4.78 is 38.8. The fourth-order valence-electron chi connectivity index (χ4n) is 4.04. The van der Waals surface area contributed by atoms with Crippen LogP contribution in [0.5, 0.6) is 11.5 Å². The van der Waals surface area contributed by atoms with Gasteiger partial charge in [-0.15, -0.1) is 10.2 Å². The Morgan fingerprint density at radius 3 is 2.41 bits per heavy atom. The van der Waals surface area contributed by atoms with Crippen molar-refractivity contribution in [3.8, 4) is 11.5 Å². The summed E-state index contributed by atoms with van der Waals surface area (Å²) in [5, 5.41) is 23.5. The molecule has 12 heteroatoms. The lowest BCUT2D eigenvalue weighted by Crippen LogP contribution is -2.13. The molecule has 202 valence electrons. The van der Waals surface area contributed by atoms with Gasteiger partial charge >= 0.3 is 0 Å². The number of phenolic OH excluding ortho intramolecular Hbond substituents is 1. The molecule has 9 nitrogen and oxygen atoms in total. The second-order valence-corrected chi connectivity index (χ2v) is 10.4. The third-order valence-corrected chi connectivity index (χ3v) is 7.46. The highest BCUT2D eigenvalue weighted by atomic mass is 35.5. The highest BCUT2D eigenvalue weighted by molar-refractivity contribution is 7.85. The molecule has 0 aromatic heterocycles. The molecule has 0 spiro atoms. The van der Waals surface area contributed by atoms with Crippen molar-refractivity contribution in [3.63, 3.8) is 0 Å². The molecule has 4 rings (SSSR count). The van der Waals surface area contributed by atoms with Gasteiger partial charge in [-0.05, 0) is 49.1 Å². The Labute approximate surface area is 234 Å². The van der Waals surface area contributed by atoms with Gasteiger partial charge in [0.15, 0.2) is 5.75 Å². The monoisotopic (exact) mass is 587 g/mol. The summed E-state index contributed by atoms with van der Waals surface area (Å²) in [6.07, 6.45) is 0.167. The molecule has 3 N–H and O–H groups in total. The smallest absolute Gasteiger partial charge is 0.294 e. The first-order chi connectivity index (χ1) is 18.6. The Morgan fingerprint density at radius 1 is 1.00 bits per heavy atom. The van der Waals surface area contributed by atoms with E-state index in [4.69, 9.17) is 27.9 Å². The van der Waals surface area contributed by atoms with E-state index in [-0.39, 0.29) is 49.6 Å². The molecule has 0 saturated heterocycles. The maximum atomic E-state index is 13.3. The summed E-state index contributed by atoms with van der Waals surface area (Å²) >= 11 is 12.7. The third kappa shape index (κ3) is 5.84. The zero-order valence-electron chi connectivity index (χ0n) is 20.8. The van der Waals surface area contributed by atoms with Crippen molar-refractivity contribution in [1.82, 2.24) is 0 Å². The van der Waals surface area contributed by atoms with Gasteiger partial charge in [-0.2, -0.15) is 8.42 Å². The molecule has 0 saturated carbocycles. The Bertz CT molecular complexity index is 1720. The van der Waals surface area contributed by atoms with E-state index in [1.807, 2.05) is 0 Å². The zero-order chi connectivity index (χ0) is 28.3. The van der Waals surface area contributed by atoms with E-state index in [9.17, 15) is 22.9 Å². The van der Waals surface area contributed by atoms with Crippen LogP contribution in [0.15, 0.2) is 75.8 Å². The molecule has 0 aliphatic heterocycles. The average molecular weight is 588 g/mol. The molecule has 39 heavy (non-hydrogen) atoms. The third-order valence-electron chi connectivity index (χ3n) is 5.82. The molecule has 0 bridgehead atoms. The fourth-order valence-corrected chi connectivity index (χ4v) is 5.27. The van der Waals surface area contributed by atoms with Crippen LogP contribution in [-0.2, 0) is 16.5 Å². The van der Waals surface area contributed by atoms with E-state index >= 15 is 0 Å². The lowest BCUT2D eigenvalue weighted by atomic mass is 10.0. The summed E-state index contributed by atoms with van der Waals surface area (Å²) in [5.41, 5.74) is 0.295. The number of hydrogen-bond acceptors (Lipinski definition) is 7. The van der Waals surface area contributed by atoms with Crippen molar-refractivity contribution in [3.05, 3.63) is 81.8 Å². The molecular weight excluding hydrogens is 565 g/mol. The van der Waals surface area contributed by atoms with E-state index in [1.165, 1.54) is 18.2 Å². The molecule has 0 heterocycles. The minimum Gasteiger partial charge on any atom is -0.505 e. The van der Waals surface area contributed by atoms with Crippen molar-refractivity contribution in [2.45, 2.75) is 25.2 Å². The first kappa shape index (κ1) is 28.3. The van der Waals surface area contributed by atoms with Gasteiger partial charge in [0.05, 0.1) is 27.8 Å². The SMILES string of the molecule is CCOc1cccc(NC(=O)c2cc3ccccc3c(N=Nc3c(Cl)ccc(S(=O)(=O)O)c3CC)c2O)c1Cl. The minimum absolute atomic E-state index is 0.00662. The summed E-state index contributed by atoms with van der Waals surface area (Å²) in [6.45, 7) is 3.86. The Kier molecular flexibility index (Phi) is 8.41. The Hall–Kier alpha value is -3.70. The quantitative estimate of drug-likeness (QED) is 0.142. The average Bonchev–Trinajstić information content (AvgIpc) is 2.90. The molecule has 0 atom stereocenters. The van der Waals surface area contributed by atoms with Crippen molar-refractivity contribution < 1.29 is 27.6 Å². The van der Waals surface area contributed by atoms with Gasteiger partial charge in [-0.3, -0.25) is 9.35 Å². The van der Waals surface area contributed by atoms with Gasteiger partial charge in [-0.1, -0.05) is 60.5 Å². The van der Waals surface area contributed by atoms with Crippen LogP contribution < -0.4 is 10.1 Å². The van der Waals surface area contributed by atoms with Crippen LogP contribution >= 0.6 is 23.2 Å². The van der Waals surface area contributed by atoms with Gasteiger partial charge in [0.2, 0.25) is 0 Å². The number of carbonyl (C=O) groups excluding carboxylic acids is 1. The maximum Gasteiger partial charge on any atom is 0.294 e. The van der Waals surface area contributed by atoms with E-state index < -0.39 is 21.8 Å². The number of rotatable bonds is 8. The van der Waals surface area contributed by atoms with Crippen LogP contribution in [0.4, 0.5) is 17.1 Å². The topological polar surface area (TPSA) is 138 Å². The van der Waals surface area contributed by atoms with Crippen LogP contribution in [0.25, 0.3) is 10.8 Å². The second kappa shape index (κ2) is 11.6. The number of carbonyl (C=O) groups is 1. The first-order valence-electron chi connectivity index (χ1n) is 11.7. The van der Waals surface area contributed by atoms with E-state index in [0.29, 0.717) is 23.1 Å². The number of phenols is 1. The standard InChI is InChI=1S/C27H23Cl2N3O6S/c1-3-16-22(39(35,36)37)13-12-19(28)24(16)31-32-25-17-9-6-5-8-15(17)14-18(26(25)33)27(34)30-20-10-7-11-21(23(20)29)38-4-2/h5-14,33H,3-4H2,1-2H3,(H,30,34)(H,35,36,37). The molecule has 4 aromatic rings. The molecule has 0 aliphatic carbocycles. The van der Waals surface area contributed by atoms with Crippen LogP contribution in [0.1, 0.15) is 29.8 Å². The summed E-state index contributed by atoms with van der Waals surface area (Å²) in [7, 11) is -4.55. The summed E-state index contributed by atoms with van der Waals surface area (Å²) in [6, 6.07) is 15.8. The second-order valence-electron chi connectivity index (χ2n) is 8.25. The zero-order valence-corrected chi connectivity index (χ0v) is 23.1. The van der Waals surface area contributed by atoms with Gasteiger partial charge in [-0.25, -0.2) is 0 Å². The number of halogens is 2. The maximum absolute atomic E-state index is 13.3. The number of nitrogens with zero attached hydrogens (tertiary/aromatic N) is 2. The van der Waals surface area contributed by atoms with Crippen molar-refractivity contribution in [2.24, 2.45) is 10.2 Å². The van der Waals surface area contributed by atoms with E-state index in [1.54, 1.807) is 56.3 Å². The minimum atomic E-state index is -4.55. The number of azo groups is 1. The summed E-state index contributed by atoms with van der Waals surface area (Å²) in [5.74, 6) is -0.733. The van der Waals surface area contributed by atoms with Crippen LogP contribution in [0, 0.1) is 0 Å². The van der Waals surface area contributed by atoms with Crippen LogP contribution in [0.3, 0.4) is 0 Å². The highest BCUT2D eigenvalue weighted by Gasteiger charge is 2.22. The number of benzene rings is 4. The van der Waals surface area contributed by atoms with Crippen molar-refractivity contribution in [2.75, 3.05) is 11.9 Å². The molecule has 0 fully saturated rings. The largest absolute Gasteiger partial charge is 0.505 e. The lowest BCUT2D eigenvalue weighted by molar-refractivity contribution is 0.102. The number of amides is 1. The predicted molar refractivity (Wildman–Crippen MR) is 151 cm³/mol. The number of hydrogen-bond donors (Lipinski definition) is 3. The van der Waals surface area contributed by atoms with Gasteiger partial charge in [0, 0.05) is 10.9 Å². The number of fused-ring (bicyclic) bond motifs is 1. The van der Waals surface area contributed by atoms with E-state index in [2.05, 4.69) is 15.5 Å². The summed E-state index contributed by atoms with van der Waals surface area (Å²) in [4.78, 5) is 12.9. The van der Waals surface area contributed by atoms with Crippen LogP contribution in [0.2, 0.25) is 10.0 Å². The number of nitrogens with one attached hydrogen (secondary N) is 1. The number of aromatic hydroxyl groups is 1. The Morgan fingerprint density at radius 2 is 1.72 bits per heavy atom. The molecule has 0 aliphatic rings. The van der Waals surface area contributed by atoms with Crippen LogP contribution in [-0.4, -0.2) is 30.6 Å². The normalized spacial score (nSPS) is 11.7. The Balaban J connectivity index is 1.83. The molecule has 0 radical (unpaired) electrons. The number of anilines is 1. The highest BCUT2D eigenvalue weighted by Crippen LogP contribution is 2.42. The van der Waals surface area contributed by atoms with Gasteiger partial charge < -0.3 is 15.2 Å². The fraction of sp³-hybridized carbons (Fsp3) is 0.148. The predicted octanol–water partition coefficient (Wildman–Crippen LogP) is 7.73. The molecule has 1 amide bonds. The molecular formula is C27H23Cl2N3O6S. The first-order valence-corrected chi connectivity index (χ1v) is 13.9. The lowest BCUT2D eigenvalue weighted by Gasteiger charge is -2.14.